The van der Waals surface area contributed by atoms with Crippen molar-refractivity contribution in [3.8, 4) is 0 Å². The molecule has 0 unspecified atom stereocenters. The lowest BCUT2D eigenvalue weighted by Gasteiger charge is -2.15. The lowest BCUT2D eigenvalue weighted by atomic mass is 10.1. The van der Waals surface area contributed by atoms with Crippen molar-refractivity contribution in [1.82, 2.24) is 4.90 Å². The van der Waals surface area contributed by atoms with Gasteiger partial charge in [-0.05, 0) is 24.1 Å². The molecule has 1 aromatic carbocycles. The van der Waals surface area contributed by atoms with Crippen molar-refractivity contribution in [2.45, 2.75) is 19.3 Å². The summed E-state index contributed by atoms with van der Waals surface area (Å²) < 4.78 is 0. The lowest BCUT2D eigenvalue weighted by Crippen LogP contribution is -2.29. The number of carbonyl (C=O) groups excluding carboxylic acids is 1. The second-order valence-corrected chi connectivity index (χ2v) is 4.20. The molecule has 0 aliphatic carbocycles. The largest absolute Gasteiger partial charge is 0.481 e. The molecule has 0 atom stereocenters. The number of nitrogen functional groups attached to an aromatic ring is 1. The lowest BCUT2D eigenvalue weighted by molar-refractivity contribution is -0.138. The third kappa shape index (κ3) is 4.86. The highest BCUT2D eigenvalue weighted by Gasteiger charge is 2.10. The molecule has 0 aliphatic rings. The molecule has 1 rings (SSSR count). The zero-order valence-electron chi connectivity index (χ0n) is 10.4. The van der Waals surface area contributed by atoms with Crippen LogP contribution in [0.2, 0.25) is 0 Å². The van der Waals surface area contributed by atoms with Crippen LogP contribution in [0.3, 0.4) is 0 Å². The number of anilines is 1. The number of rotatable bonds is 6. The van der Waals surface area contributed by atoms with Gasteiger partial charge in [0.25, 0.3) is 0 Å². The van der Waals surface area contributed by atoms with Crippen LogP contribution in [-0.4, -0.2) is 35.5 Å². The quantitative estimate of drug-likeness (QED) is 0.741. The number of benzene rings is 1. The summed E-state index contributed by atoms with van der Waals surface area (Å²) in [6, 6.07) is 7.40. The summed E-state index contributed by atoms with van der Waals surface area (Å²) in [5, 5.41) is 8.53. The van der Waals surface area contributed by atoms with Gasteiger partial charge in [-0.3, -0.25) is 9.59 Å². The summed E-state index contributed by atoms with van der Waals surface area (Å²) in [4.78, 5) is 23.6. The Kier molecular flexibility index (Phi) is 5.17. The van der Waals surface area contributed by atoms with Crippen LogP contribution in [0.1, 0.15) is 18.4 Å². The minimum atomic E-state index is -0.898. The molecule has 18 heavy (non-hydrogen) atoms. The number of carboxylic acid groups (broad SMARTS) is 1. The van der Waals surface area contributed by atoms with E-state index in [1.54, 1.807) is 13.1 Å². The van der Waals surface area contributed by atoms with Gasteiger partial charge in [0.2, 0.25) is 5.91 Å². The van der Waals surface area contributed by atoms with Crippen LogP contribution >= 0.6 is 0 Å². The molecule has 0 saturated carbocycles. The highest BCUT2D eigenvalue weighted by molar-refractivity contribution is 5.77. The molecule has 98 valence electrons. The fraction of sp³-hybridized carbons (Fsp3) is 0.385. The molecule has 1 amide bonds. The van der Waals surface area contributed by atoms with Gasteiger partial charge >= 0.3 is 5.97 Å². The molecule has 0 bridgehead atoms. The standard InChI is InChI=1S/C13H18N2O3/c1-15(8-7-13(17)18)12(16)6-5-10-3-2-4-11(14)9-10/h2-4,9H,5-8,14H2,1H3,(H,17,18). The van der Waals surface area contributed by atoms with E-state index < -0.39 is 5.97 Å². The average molecular weight is 250 g/mol. The van der Waals surface area contributed by atoms with Crippen molar-refractivity contribution < 1.29 is 14.7 Å². The smallest absolute Gasteiger partial charge is 0.305 e. The molecule has 0 aromatic heterocycles. The Morgan fingerprint density at radius 2 is 2.06 bits per heavy atom. The topological polar surface area (TPSA) is 83.6 Å². The Morgan fingerprint density at radius 3 is 2.67 bits per heavy atom. The van der Waals surface area contributed by atoms with Crippen molar-refractivity contribution >= 4 is 17.6 Å². The van der Waals surface area contributed by atoms with Crippen LogP contribution in [0.15, 0.2) is 24.3 Å². The fourth-order valence-corrected chi connectivity index (χ4v) is 1.58. The summed E-state index contributed by atoms with van der Waals surface area (Å²) in [6.07, 6.45) is 0.946. The van der Waals surface area contributed by atoms with E-state index in [0.29, 0.717) is 18.5 Å². The van der Waals surface area contributed by atoms with Gasteiger partial charge in [0.1, 0.15) is 0 Å². The number of carboxylic acids is 1. The van der Waals surface area contributed by atoms with Crippen LogP contribution in [0.25, 0.3) is 0 Å². The first-order chi connectivity index (χ1) is 8.49. The maximum atomic E-state index is 11.7. The number of aryl methyl sites for hydroxylation is 1. The van der Waals surface area contributed by atoms with Gasteiger partial charge < -0.3 is 15.7 Å². The number of aliphatic carboxylic acids is 1. The van der Waals surface area contributed by atoms with Gasteiger partial charge in [-0.25, -0.2) is 0 Å². The van der Waals surface area contributed by atoms with Crippen LogP contribution in [0.5, 0.6) is 0 Å². The first kappa shape index (κ1) is 14.0. The van der Waals surface area contributed by atoms with Gasteiger partial charge in [0.15, 0.2) is 0 Å². The molecule has 0 saturated heterocycles. The maximum Gasteiger partial charge on any atom is 0.305 e. The predicted molar refractivity (Wildman–Crippen MR) is 69.1 cm³/mol. The second-order valence-electron chi connectivity index (χ2n) is 4.20. The highest BCUT2D eigenvalue weighted by Crippen LogP contribution is 2.09. The molecule has 0 aliphatic heterocycles. The Hall–Kier alpha value is -2.04. The van der Waals surface area contributed by atoms with E-state index in [0.717, 1.165) is 5.56 Å². The number of nitrogens with zero attached hydrogens (tertiary/aromatic N) is 1. The van der Waals surface area contributed by atoms with Crippen molar-refractivity contribution in [2.75, 3.05) is 19.3 Å². The van der Waals surface area contributed by atoms with E-state index in [-0.39, 0.29) is 18.9 Å². The number of amides is 1. The molecule has 0 spiro atoms. The Morgan fingerprint density at radius 1 is 1.33 bits per heavy atom. The number of hydrogen-bond acceptors (Lipinski definition) is 3. The van der Waals surface area contributed by atoms with E-state index in [9.17, 15) is 9.59 Å². The molecule has 3 N–H and O–H groups in total. The minimum Gasteiger partial charge on any atom is -0.481 e. The predicted octanol–water partition coefficient (Wildman–Crippen LogP) is 1.13. The van der Waals surface area contributed by atoms with E-state index in [4.69, 9.17) is 10.8 Å². The van der Waals surface area contributed by atoms with E-state index in [2.05, 4.69) is 0 Å². The molecular formula is C13H18N2O3. The van der Waals surface area contributed by atoms with E-state index >= 15 is 0 Å². The van der Waals surface area contributed by atoms with Gasteiger partial charge in [-0.15, -0.1) is 0 Å². The molecule has 5 nitrogen and oxygen atoms in total. The van der Waals surface area contributed by atoms with Crippen molar-refractivity contribution in [1.29, 1.82) is 0 Å². The third-order valence-electron chi connectivity index (χ3n) is 2.67. The van der Waals surface area contributed by atoms with Crippen LogP contribution in [-0.2, 0) is 16.0 Å². The first-order valence-corrected chi connectivity index (χ1v) is 5.79. The SMILES string of the molecule is CN(CCC(=O)O)C(=O)CCc1cccc(N)c1. The number of carbonyl (C=O) groups is 2. The van der Waals surface area contributed by atoms with Gasteiger partial charge in [-0.2, -0.15) is 0 Å². The minimum absolute atomic E-state index is 0.0273. The molecule has 1 aromatic rings. The first-order valence-electron chi connectivity index (χ1n) is 5.79. The van der Waals surface area contributed by atoms with Gasteiger partial charge in [-0.1, -0.05) is 12.1 Å². The van der Waals surface area contributed by atoms with Gasteiger partial charge in [0, 0.05) is 25.7 Å². The number of nitrogens with two attached hydrogens (primary N) is 1. The molecule has 0 fully saturated rings. The molecule has 0 heterocycles. The second kappa shape index (κ2) is 6.64. The Balaban J connectivity index is 2.38. The van der Waals surface area contributed by atoms with Crippen molar-refractivity contribution in [2.24, 2.45) is 0 Å². The summed E-state index contributed by atoms with van der Waals surface area (Å²) >= 11 is 0. The summed E-state index contributed by atoms with van der Waals surface area (Å²) in [7, 11) is 1.62. The average Bonchev–Trinajstić information content (AvgIpc) is 2.33. The molecule has 0 radical (unpaired) electrons. The summed E-state index contributed by atoms with van der Waals surface area (Å²) in [5.74, 6) is -0.954. The monoisotopic (exact) mass is 250 g/mol. The normalized spacial score (nSPS) is 10.1. The van der Waals surface area contributed by atoms with Crippen LogP contribution < -0.4 is 5.73 Å². The van der Waals surface area contributed by atoms with Crippen molar-refractivity contribution in [3.63, 3.8) is 0 Å². The molecule has 5 heteroatoms. The van der Waals surface area contributed by atoms with E-state index in [1.165, 1.54) is 4.90 Å². The Bertz CT molecular complexity index is 432. The fourth-order valence-electron chi connectivity index (χ4n) is 1.58. The summed E-state index contributed by atoms with van der Waals surface area (Å²) in [5.41, 5.74) is 7.33. The highest BCUT2D eigenvalue weighted by atomic mass is 16.4. The summed E-state index contributed by atoms with van der Waals surface area (Å²) in [6.45, 7) is 0.241. The van der Waals surface area contributed by atoms with Crippen LogP contribution in [0.4, 0.5) is 5.69 Å². The van der Waals surface area contributed by atoms with Gasteiger partial charge in [0.05, 0.1) is 6.42 Å². The third-order valence-corrected chi connectivity index (χ3v) is 2.67. The Labute approximate surface area is 106 Å². The maximum absolute atomic E-state index is 11.7. The van der Waals surface area contributed by atoms with Crippen LogP contribution in [0, 0.1) is 0 Å². The van der Waals surface area contributed by atoms with Crippen molar-refractivity contribution in [3.05, 3.63) is 29.8 Å². The van der Waals surface area contributed by atoms with E-state index in [1.807, 2.05) is 18.2 Å². The number of hydrogen-bond donors (Lipinski definition) is 2. The zero-order valence-corrected chi connectivity index (χ0v) is 10.4. The molecular weight excluding hydrogens is 232 g/mol. The zero-order chi connectivity index (χ0) is 13.5.